The number of hydrogen-bond acceptors (Lipinski definition) is 4. The third-order valence-electron chi connectivity index (χ3n) is 1.83. The lowest BCUT2D eigenvalue weighted by molar-refractivity contribution is -0.150. The lowest BCUT2D eigenvalue weighted by Crippen LogP contribution is -2.13. The molecule has 1 aromatic rings. The molecule has 0 aliphatic carbocycles. The first kappa shape index (κ1) is 10.5. The van der Waals surface area contributed by atoms with Crippen molar-refractivity contribution in [2.24, 2.45) is 0 Å². The zero-order valence-electron chi connectivity index (χ0n) is 8.06. The molecule has 0 saturated carbocycles. The molecule has 1 rings (SSSR count). The van der Waals surface area contributed by atoms with Gasteiger partial charge in [0.2, 0.25) is 0 Å². The maximum atomic E-state index is 11.0. The summed E-state index contributed by atoms with van der Waals surface area (Å²) >= 11 is 0. The fourth-order valence-corrected chi connectivity index (χ4v) is 1.06. The van der Waals surface area contributed by atoms with Crippen LogP contribution in [0.15, 0.2) is 24.3 Å². The van der Waals surface area contributed by atoms with E-state index in [0.717, 1.165) is 0 Å². The van der Waals surface area contributed by atoms with Crippen LogP contribution in [-0.2, 0) is 9.53 Å². The first-order chi connectivity index (χ1) is 6.69. The number of benzene rings is 1. The summed E-state index contributed by atoms with van der Waals surface area (Å²) in [6, 6.07) is 6.64. The fraction of sp³-hybridized carbons (Fsp3) is 0.300. The first-order valence-electron chi connectivity index (χ1n) is 4.09. The highest BCUT2D eigenvalue weighted by molar-refractivity contribution is 5.76. The maximum Gasteiger partial charge on any atom is 0.339 e. The van der Waals surface area contributed by atoms with Crippen molar-refractivity contribution < 1.29 is 19.4 Å². The molecule has 1 N–H and O–H groups in total. The number of aliphatic hydroxyl groups excluding tert-OH is 1. The average molecular weight is 196 g/mol. The SMILES string of the molecule is COC(=O)[C@@H](O)c1cccc(OC)c1. The average Bonchev–Trinajstić information content (AvgIpc) is 2.27. The van der Waals surface area contributed by atoms with E-state index in [9.17, 15) is 9.90 Å². The topological polar surface area (TPSA) is 55.8 Å². The van der Waals surface area contributed by atoms with Crippen molar-refractivity contribution in [1.82, 2.24) is 0 Å². The molecule has 4 nitrogen and oxygen atoms in total. The number of carbonyl (C=O) groups excluding carboxylic acids is 1. The Bertz CT molecular complexity index is 322. The van der Waals surface area contributed by atoms with Crippen LogP contribution in [0.25, 0.3) is 0 Å². The molecule has 0 aliphatic heterocycles. The summed E-state index contributed by atoms with van der Waals surface area (Å²) < 4.78 is 9.37. The molecule has 14 heavy (non-hydrogen) atoms. The molecule has 76 valence electrons. The van der Waals surface area contributed by atoms with E-state index in [2.05, 4.69) is 4.74 Å². The van der Waals surface area contributed by atoms with E-state index in [-0.39, 0.29) is 0 Å². The van der Waals surface area contributed by atoms with Gasteiger partial charge in [0.15, 0.2) is 6.10 Å². The van der Waals surface area contributed by atoms with E-state index in [0.29, 0.717) is 11.3 Å². The predicted molar refractivity (Wildman–Crippen MR) is 50.0 cm³/mol. The molecule has 1 aromatic carbocycles. The summed E-state index contributed by atoms with van der Waals surface area (Å²) in [5.74, 6) is -0.0938. The summed E-state index contributed by atoms with van der Waals surface area (Å²) in [5, 5.41) is 9.48. The summed E-state index contributed by atoms with van der Waals surface area (Å²) in [7, 11) is 2.75. The van der Waals surface area contributed by atoms with Gasteiger partial charge < -0.3 is 14.6 Å². The van der Waals surface area contributed by atoms with E-state index < -0.39 is 12.1 Å². The van der Waals surface area contributed by atoms with Crippen molar-refractivity contribution >= 4 is 5.97 Å². The van der Waals surface area contributed by atoms with Crippen LogP contribution in [0.3, 0.4) is 0 Å². The summed E-state index contributed by atoms with van der Waals surface area (Å²) in [5.41, 5.74) is 0.455. The van der Waals surface area contributed by atoms with Crippen LogP contribution in [-0.4, -0.2) is 25.3 Å². The first-order valence-corrected chi connectivity index (χ1v) is 4.09. The van der Waals surface area contributed by atoms with Gasteiger partial charge in [-0.25, -0.2) is 4.79 Å². The van der Waals surface area contributed by atoms with Crippen LogP contribution in [0.2, 0.25) is 0 Å². The number of esters is 1. The standard InChI is InChI=1S/C10H12O4/c1-13-8-5-3-4-7(6-8)9(11)10(12)14-2/h3-6,9,11H,1-2H3/t9-/m0/s1. The van der Waals surface area contributed by atoms with Gasteiger partial charge in [-0.15, -0.1) is 0 Å². The normalized spacial score (nSPS) is 11.9. The Kier molecular flexibility index (Phi) is 3.48. The molecule has 0 spiro atoms. The van der Waals surface area contributed by atoms with E-state index >= 15 is 0 Å². The van der Waals surface area contributed by atoms with Crippen molar-refractivity contribution in [3.8, 4) is 5.75 Å². The monoisotopic (exact) mass is 196 g/mol. The highest BCUT2D eigenvalue weighted by Gasteiger charge is 2.17. The van der Waals surface area contributed by atoms with Crippen molar-refractivity contribution in [2.45, 2.75) is 6.10 Å². The fourth-order valence-electron chi connectivity index (χ4n) is 1.06. The van der Waals surface area contributed by atoms with Crippen molar-refractivity contribution in [3.05, 3.63) is 29.8 Å². The third kappa shape index (κ3) is 2.23. The van der Waals surface area contributed by atoms with E-state index in [1.54, 1.807) is 24.3 Å². The lowest BCUT2D eigenvalue weighted by atomic mass is 10.1. The van der Waals surface area contributed by atoms with Gasteiger partial charge in [0, 0.05) is 0 Å². The Morgan fingerprint density at radius 3 is 2.71 bits per heavy atom. The van der Waals surface area contributed by atoms with Gasteiger partial charge in [-0.1, -0.05) is 12.1 Å². The number of carbonyl (C=O) groups is 1. The number of methoxy groups -OCH3 is 2. The lowest BCUT2D eigenvalue weighted by Gasteiger charge is -2.09. The highest BCUT2D eigenvalue weighted by Crippen LogP contribution is 2.19. The Morgan fingerprint density at radius 1 is 1.43 bits per heavy atom. The van der Waals surface area contributed by atoms with Gasteiger partial charge in [-0.2, -0.15) is 0 Å². The van der Waals surface area contributed by atoms with Crippen molar-refractivity contribution in [3.63, 3.8) is 0 Å². The van der Waals surface area contributed by atoms with Crippen molar-refractivity contribution in [1.29, 1.82) is 0 Å². The number of hydrogen-bond donors (Lipinski definition) is 1. The van der Waals surface area contributed by atoms with Crippen molar-refractivity contribution in [2.75, 3.05) is 14.2 Å². The molecule has 0 aliphatic rings. The summed E-state index contributed by atoms with van der Waals surface area (Å²) in [4.78, 5) is 11.0. The zero-order chi connectivity index (χ0) is 10.6. The summed E-state index contributed by atoms with van der Waals surface area (Å²) in [6.45, 7) is 0. The summed E-state index contributed by atoms with van der Waals surface area (Å²) in [6.07, 6.45) is -1.25. The number of ether oxygens (including phenoxy) is 2. The molecule has 0 amide bonds. The third-order valence-corrected chi connectivity index (χ3v) is 1.83. The highest BCUT2D eigenvalue weighted by atomic mass is 16.5. The van der Waals surface area contributed by atoms with Crippen LogP contribution < -0.4 is 4.74 Å². The smallest absolute Gasteiger partial charge is 0.339 e. The van der Waals surface area contributed by atoms with Crippen LogP contribution in [0, 0.1) is 0 Å². The molecule has 0 saturated heterocycles. The van der Waals surface area contributed by atoms with Gasteiger partial charge in [-0.3, -0.25) is 0 Å². The molecule has 0 aromatic heterocycles. The van der Waals surface area contributed by atoms with Gasteiger partial charge in [0.25, 0.3) is 0 Å². The molecule has 0 unspecified atom stereocenters. The number of aliphatic hydroxyl groups is 1. The predicted octanol–water partition coefficient (Wildman–Crippen LogP) is 0.902. The van der Waals surface area contributed by atoms with E-state index in [1.807, 2.05) is 0 Å². The van der Waals surface area contributed by atoms with Crippen LogP contribution >= 0.6 is 0 Å². The number of rotatable bonds is 3. The molecule has 0 radical (unpaired) electrons. The van der Waals surface area contributed by atoms with Crippen LogP contribution in [0.4, 0.5) is 0 Å². The van der Waals surface area contributed by atoms with Gasteiger partial charge in [-0.05, 0) is 17.7 Å². The van der Waals surface area contributed by atoms with E-state index in [1.165, 1.54) is 14.2 Å². The second-order valence-corrected chi connectivity index (χ2v) is 2.70. The molecule has 1 atom stereocenters. The Labute approximate surface area is 82.1 Å². The quantitative estimate of drug-likeness (QED) is 0.730. The Hall–Kier alpha value is -1.55. The molecule has 0 bridgehead atoms. The van der Waals surface area contributed by atoms with Gasteiger partial charge in [0.05, 0.1) is 14.2 Å². The molecule has 0 heterocycles. The minimum atomic E-state index is -1.25. The van der Waals surface area contributed by atoms with E-state index in [4.69, 9.17) is 4.74 Å². The molecular formula is C10H12O4. The largest absolute Gasteiger partial charge is 0.497 e. The Balaban J connectivity index is 2.89. The van der Waals surface area contributed by atoms with Crippen LogP contribution in [0.5, 0.6) is 5.75 Å². The van der Waals surface area contributed by atoms with Gasteiger partial charge >= 0.3 is 5.97 Å². The molecular weight excluding hydrogens is 184 g/mol. The molecule has 4 heteroatoms. The molecule has 0 fully saturated rings. The maximum absolute atomic E-state index is 11.0. The zero-order valence-corrected chi connectivity index (χ0v) is 8.06. The minimum Gasteiger partial charge on any atom is -0.497 e. The second-order valence-electron chi connectivity index (χ2n) is 2.70. The second kappa shape index (κ2) is 4.62. The minimum absolute atomic E-state index is 0.455. The van der Waals surface area contributed by atoms with Gasteiger partial charge in [0.1, 0.15) is 5.75 Å². The Morgan fingerprint density at radius 2 is 2.14 bits per heavy atom. The van der Waals surface area contributed by atoms with Crippen LogP contribution in [0.1, 0.15) is 11.7 Å².